The van der Waals surface area contributed by atoms with Gasteiger partial charge in [0.1, 0.15) is 5.75 Å². The summed E-state index contributed by atoms with van der Waals surface area (Å²) in [4.78, 5) is 0. The fourth-order valence-electron chi connectivity index (χ4n) is 2.79. The molecule has 1 saturated carbocycles. The summed E-state index contributed by atoms with van der Waals surface area (Å²) in [6, 6.07) is 5.09. The highest BCUT2D eigenvalue weighted by Gasteiger charge is 2.30. The van der Waals surface area contributed by atoms with Gasteiger partial charge in [0.25, 0.3) is 0 Å². The van der Waals surface area contributed by atoms with Gasteiger partial charge in [-0.3, -0.25) is 0 Å². The molecule has 4 heteroatoms. The quantitative estimate of drug-likeness (QED) is 0.632. The van der Waals surface area contributed by atoms with Gasteiger partial charge in [0.2, 0.25) is 0 Å². The largest absolute Gasteiger partial charge is 0.494 e. The molecule has 0 bridgehead atoms. The van der Waals surface area contributed by atoms with Gasteiger partial charge in [0.15, 0.2) is 0 Å². The molecule has 1 aliphatic carbocycles. The van der Waals surface area contributed by atoms with Crippen molar-refractivity contribution in [1.82, 2.24) is 0 Å². The van der Waals surface area contributed by atoms with E-state index in [1.54, 1.807) is 6.07 Å². The van der Waals surface area contributed by atoms with Gasteiger partial charge < -0.3 is 4.74 Å². The van der Waals surface area contributed by atoms with Crippen molar-refractivity contribution >= 4 is 0 Å². The van der Waals surface area contributed by atoms with E-state index in [1.807, 2.05) is 0 Å². The SMILES string of the molecule is FC(F)(F)c1cccc(OCCCCC2CCCC2)c1. The second kappa shape index (κ2) is 7.00. The van der Waals surface area contributed by atoms with Crippen LogP contribution >= 0.6 is 0 Å². The highest BCUT2D eigenvalue weighted by Crippen LogP contribution is 2.31. The third-order valence-corrected chi connectivity index (χ3v) is 3.91. The van der Waals surface area contributed by atoms with Crippen molar-refractivity contribution in [2.24, 2.45) is 5.92 Å². The van der Waals surface area contributed by atoms with Crippen molar-refractivity contribution in [3.63, 3.8) is 0 Å². The number of ether oxygens (including phenoxy) is 1. The van der Waals surface area contributed by atoms with Crippen LogP contribution in [0, 0.1) is 5.92 Å². The Hall–Kier alpha value is -1.19. The summed E-state index contributed by atoms with van der Waals surface area (Å²) in [6.45, 7) is 0.494. The summed E-state index contributed by atoms with van der Waals surface area (Å²) >= 11 is 0. The average Bonchev–Trinajstić information content (AvgIpc) is 2.91. The molecular weight excluding hydrogens is 265 g/mol. The zero-order valence-electron chi connectivity index (χ0n) is 11.6. The van der Waals surface area contributed by atoms with E-state index in [2.05, 4.69) is 0 Å². The van der Waals surface area contributed by atoms with Crippen molar-refractivity contribution in [3.8, 4) is 5.75 Å². The second-order valence-corrected chi connectivity index (χ2v) is 5.52. The minimum atomic E-state index is -4.30. The Labute approximate surface area is 118 Å². The average molecular weight is 286 g/mol. The van der Waals surface area contributed by atoms with Crippen LogP contribution in [0.25, 0.3) is 0 Å². The molecule has 0 atom stereocenters. The highest BCUT2D eigenvalue weighted by molar-refractivity contribution is 5.30. The predicted molar refractivity (Wildman–Crippen MR) is 72.7 cm³/mol. The van der Waals surface area contributed by atoms with E-state index < -0.39 is 11.7 Å². The van der Waals surface area contributed by atoms with Crippen LogP contribution in [0.4, 0.5) is 13.2 Å². The van der Waals surface area contributed by atoms with Gasteiger partial charge in [-0.2, -0.15) is 13.2 Å². The van der Waals surface area contributed by atoms with Gasteiger partial charge in [-0.1, -0.05) is 38.2 Å². The molecule has 1 nitrogen and oxygen atoms in total. The van der Waals surface area contributed by atoms with Gasteiger partial charge in [-0.05, 0) is 37.0 Å². The van der Waals surface area contributed by atoms with Gasteiger partial charge in [0, 0.05) is 0 Å². The molecular formula is C16H21F3O. The summed E-state index contributed by atoms with van der Waals surface area (Å²) in [5, 5.41) is 0. The number of halogens is 3. The zero-order valence-corrected chi connectivity index (χ0v) is 11.6. The van der Waals surface area contributed by atoms with Crippen LogP contribution in [0.5, 0.6) is 5.75 Å². The first kappa shape index (κ1) is 15.2. The lowest BCUT2D eigenvalue weighted by molar-refractivity contribution is -0.137. The third-order valence-electron chi connectivity index (χ3n) is 3.91. The Morgan fingerprint density at radius 1 is 1.10 bits per heavy atom. The molecule has 0 heterocycles. The lowest BCUT2D eigenvalue weighted by atomic mass is 10.0. The highest BCUT2D eigenvalue weighted by atomic mass is 19.4. The van der Waals surface area contributed by atoms with E-state index in [-0.39, 0.29) is 0 Å². The first-order valence-corrected chi connectivity index (χ1v) is 7.36. The molecule has 1 fully saturated rings. The van der Waals surface area contributed by atoms with Crippen LogP contribution in [0.15, 0.2) is 24.3 Å². The van der Waals surface area contributed by atoms with Gasteiger partial charge in [-0.15, -0.1) is 0 Å². The summed E-state index contributed by atoms with van der Waals surface area (Å²) in [5.74, 6) is 1.17. The van der Waals surface area contributed by atoms with E-state index in [4.69, 9.17) is 4.74 Å². The molecule has 1 aromatic carbocycles. The maximum absolute atomic E-state index is 12.5. The fourth-order valence-corrected chi connectivity index (χ4v) is 2.79. The molecule has 112 valence electrons. The van der Waals surface area contributed by atoms with Gasteiger partial charge in [-0.25, -0.2) is 0 Å². The molecule has 0 aliphatic heterocycles. The fraction of sp³-hybridized carbons (Fsp3) is 0.625. The van der Waals surface area contributed by atoms with Crippen molar-refractivity contribution in [3.05, 3.63) is 29.8 Å². The first-order valence-electron chi connectivity index (χ1n) is 7.36. The smallest absolute Gasteiger partial charge is 0.416 e. The molecule has 0 saturated heterocycles. The third kappa shape index (κ3) is 4.73. The second-order valence-electron chi connectivity index (χ2n) is 5.52. The lowest BCUT2D eigenvalue weighted by Gasteiger charge is -2.11. The molecule has 20 heavy (non-hydrogen) atoms. The van der Waals surface area contributed by atoms with E-state index >= 15 is 0 Å². The Balaban J connectivity index is 1.68. The van der Waals surface area contributed by atoms with Crippen molar-refractivity contribution in [2.45, 2.75) is 51.1 Å². The molecule has 1 aliphatic rings. The Morgan fingerprint density at radius 2 is 1.85 bits per heavy atom. The summed E-state index contributed by atoms with van der Waals surface area (Å²) in [5.41, 5.74) is -0.652. The number of hydrogen-bond donors (Lipinski definition) is 0. The minimum Gasteiger partial charge on any atom is -0.494 e. The van der Waals surface area contributed by atoms with Crippen LogP contribution in [0.2, 0.25) is 0 Å². The van der Waals surface area contributed by atoms with Crippen LogP contribution in [-0.2, 0) is 6.18 Å². The number of hydrogen-bond acceptors (Lipinski definition) is 1. The maximum Gasteiger partial charge on any atom is 0.416 e. The minimum absolute atomic E-state index is 0.306. The normalized spacial score (nSPS) is 16.6. The molecule has 0 radical (unpaired) electrons. The monoisotopic (exact) mass is 286 g/mol. The van der Waals surface area contributed by atoms with Crippen LogP contribution in [-0.4, -0.2) is 6.61 Å². The summed E-state index contributed by atoms with van der Waals surface area (Å²) in [7, 11) is 0. The van der Waals surface area contributed by atoms with E-state index in [9.17, 15) is 13.2 Å². The first-order chi connectivity index (χ1) is 9.55. The Bertz CT molecular complexity index is 408. The molecule has 0 N–H and O–H groups in total. The Morgan fingerprint density at radius 3 is 2.55 bits per heavy atom. The van der Waals surface area contributed by atoms with Crippen LogP contribution in [0.3, 0.4) is 0 Å². The lowest BCUT2D eigenvalue weighted by Crippen LogP contribution is -2.05. The number of unbranched alkanes of at least 4 members (excludes halogenated alkanes) is 1. The maximum atomic E-state index is 12.5. The van der Waals surface area contributed by atoms with Crippen LogP contribution < -0.4 is 4.74 Å². The van der Waals surface area contributed by atoms with Crippen molar-refractivity contribution < 1.29 is 17.9 Å². The summed E-state index contributed by atoms with van der Waals surface area (Å²) in [6.07, 6.45) is 4.32. The van der Waals surface area contributed by atoms with E-state index in [1.165, 1.54) is 38.2 Å². The van der Waals surface area contributed by atoms with Crippen LogP contribution in [0.1, 0.15) is 50.5 Å². The predicted octanol–water partition coefficient (Wildman–Crippen LogP) is 5.44. The van der Waals surface area contributed by atoms with E-state index in [0.717, 1.165) is 30.9 Å². The van der Waals surface area contributed by atoms with Crippen molar-refractivity contribution in [2.75, 3.05) is 6.61 Å². The standard InChI is InChI=1S/C16H21F3O/c17-16(18,19)14-9-5-10-15(12-14)20-11-4-3-8-13-6-1-2-7-13/h5,9-10,12-13H,1-4,6-8,11H2. The Kier molecular flexibility index (Phi) is 5.32. The zero-order chi connectivity index (χ0) is 14.4. The van der Waals surface area contributed by atoms with Gasteiger partial charge >= 0.3 is 6.18 Å². The number of alkyl halides is 3. The number of benzene rings is 1. The topological polar surface area (TPSA) is 9.23 Å². The summed E-state index contributed by atoms with van der Waals surface area (Å²) < 4.78 is 43.0. The molecule has 0 aromatic heterocycles. The molecule has 0 spiro atoms. The van der Waals surface area contributed by atoms with E-state index in [0.29, 0.717) is 12.4 Å². The van der Waals surface area contributed by atoms with Crippen molar-refractivity contribution in [1.29, 1.82) is 0 Å². The molecule has 1 aromatic rings. The molecule has 0 amide bonds. The molecule has 0 unspecified atom stereocenters. The molecule has 2 rings (SSSR count). The van der Waals surface area contributed by atoms with Gasteiger partial charge in [0.05, 0.1) is 12.2 Å². The number of rotatable bonds is 6.